The highest BCUT2D eigenvalue weighted by molar-refractivity contribution is 5.36. The Morgan fingerprint density at radius 3 is 2.27 bits per heavy atom. The van der Waals surface area contributed by atoms with Gasteiger partial charge in [0.25, 0.3) is 6.45 Å². The Labute approximate surface area is 68.7 Å². The standard InChI is InChI=1S/C6H11N.C2H4O2/c1-3-7-4-2-6(1)5-7;1-4-2-3/h6H,1-5H2;2H,1H3/i;2D. The molecule has 2 saturated heterocycles. The Morgan fingerprint density at radius 1 is 1.64 bits per heavy atom. The molecule has 0 aliphatic carbocycles. The summed E-state index contributed by atoms with van der Waals surface area (Å²) < 4.78 is 9.74. The molecule has 2 aliphatic rings. The maximum Gasteiger partial charge on any atom is 0.292 e. The van der Waals surface area contributed by atoms with Gasteiger partial charge in [-0.05, 0) is 31.8 Å². The van der Waals surface area contributed by atoms with Gasteiger partial charge in [-0.3, -0.25) is 4.79 Å². The molecule has 2 aliphatic heterocycles. The summed E-state index contributed by atoms with van der Waals surface area (Å²) in [7, 11) is 1.16. The SMILES string of the molecule is C1CN2CCC1C2.[2H]C(=O)OC. The number of carbonyl (C=O) groups excluding carboxylic acids is 1. The van der Waals surface area contributed by atoms with Crippen LogP contribution in [0.15, 0.2) is 0 Å². The fraction of sp³-hybridized carbons (Fsp3) is 0.875. The van der Waals surface area contributed by atoms with Gasteiger partial charge >= 0.3 is 0 Å². The van der Waals surface area contributed by atoms with Crippen LogP contribution in [0.25, 0.3) is 0 Å². The second-order valence-corrected chi connectivity index (χ2v) is 3.03. The van der Waals surface area contributed by atoms with Crippen LogP contribution in [0, 0.1) is 5.92 Å². The van der Waals surface area contributed by atoms with Crippen molar-refractivity contribution in [1.82, 2.24) is 4.90 Å². The van der Waals surface area contributed by atoms with Gasteiger partial charge in [0, 0.05) is 6.54 Å². The van der Waals surface area contributed by atoms with Crippen LogP contribution in [0.1, 0.15) is 14.2 Å². The number of methoxy groups -OCH3 is 1. The van der Waals surface area contributed by atoms with Crippen LogP contribution in [0.4, 0.5) is 0 Å². The van der Waals surface area contributed by atoms with Crippen molar-refractivity contribution in [2.45, 2.75) is 12.8 Å². The van der Waals surface area contributed by atoms with E-state index in [1.54, 1.807) is 0 Å². The predicted octanol–water partition coefficient (Wildman–Crippen LogP) is 0.501. The van der Waals surface area contributed by atoms with Crippen molar-refractivity contribution >= 4 is 6.45 Å². The zero-order chi connectivity index (χ0) is 8.97. The largest absolute Gasteiger partial charge is 0.471 e. The van der Waals surface area contributed by atoms with Gasteiger partial charge in [0.05, 0.1) is 7.11 Å². The van der Waals surface area contributed by atoms with E-state index in [2.05, 4.69) is 9.64 Å². The Hall–Kier alpha value is -0.570. The summed E-state index contributed by atoms with van der Waals surface area (Å²) in [4.78, 5) is 11.8. The average Bonchev–Trinajstić information content (AvgIpc) is 2.67. The number of carbonyl (C=O) groups is 1. The highest BCUT2D eigenvalue weighted by Crippen LogP contribution is 2.26. The summed E-state index contributed by atoms with van der Waals surface area (Å²) in [5.41, 5.74) is 0. The number of hydrogen-bond donors (Lipinski definition) is 0. The van der Waals surface area contributed by atoms with E-state index in [-0.39, 0.29) is 0 Å². The quantitative estimate of drug-likeness (QED) is 0.481. The molecule has 2 bridgehead atoms. The Morgan fingerprint density at radius 2 is 2.18 bits per heavy atom. The van der Waals surface area contributed by atoms with Gasteiger partial charge in [0.2, 0.25) is 0 Å². The van der Waals surface area contributed by atoms with Crippen molar-refractivity contribution < 1.29 is 10.9 Å². The van der Waals surface area contributed by atoms with Crippen molar-refractivity contribution in [3.05, 3.63) is 0 Å². The smallest absolute Gasteiger partial charge is 0.292 e. The first-order valence-corrected chi connectivity index (χ1v) is 3.99. The summed E-state index contributed by atoms with van der Waals surface area (Å²) in [6.07, 6.45) is 1.98. The minimum atomic E-state index is -0.995. The van der Waals surface area contributed by atoms with Gasteiger partial charge in [-0.15, -0.1) is 0 Å². The van der Waals surface area contributed by atoms with E-state index >= 15 is 0 Å². The van der Waals surface area contributed by atoms with Crippen molar-refractivity contribution in [1.29, 1.82) is 0 Å². The fourth-order valence-electron chi connectivity index (χ4n) is 1.72. The zero-order valence-corrected chi connectivity index (χ0v) is 6.88. The number of rotatable bonds is 0. The third kappa shape index (κ3) is 2.50. The molecule has 3 heteroatoms. The van der Waals surface area contributed by atoms with Crippen molar-refractivity contribution in [2.75, 3.05) is 26.7 Å². The lowest BCUT2D eigenvalue weighted by Crippen LogP contribution is -2.15. The molecule has 64 valence electrons. The molecule has 0 spiro atoms. The zero-order valence-electron chi connectivity index (χ0n) is 7.88. The summed E-state index contributed by atoms with van der Waals surface area (Å²) >= 11 is 0. The molecular weight excluding hydrogens is 142 g/mol. The van der Waals surface area contributed by atoms with Crippen LogP contribution in [0.2, 0.25) is 0 Å². The molecular formula is C8H15NO2. The fourth-order valence-corrected chi connectivity index (χ4v) is 1.72. The molecule has 2 fully saturated rings. The summed E-state index contributed by atoms with van der Waals surface area (Å²) in [5, 5.41) is 0. The van der Waals surface area contributed by atoms with Gasteiger partial charge < -0.3 is 9.64 Å². The lowest BCUT2D eigenvalue weighted by Gasteiger charge is -2.09. The van der Waals surface area contributed by atoms with E-state index < -0.39 is 6.45 Å². The molecule has 0 aromatic heterocycles. The average molecular weight is 158 g/mol. The van der Waals surface area contributed by atoms with Gasteiger partial charge in [-0.25, -0.2) is 0 Å². The Kier molecular flexibility index (Phi) is 2.80. The van der Waals surface area contributed by atoms with Crippen LogP contribution < -0.4 is 0 Å². The molecule has 0 atom stereocenters. The van der Waals surface area contributed by atoms with E-state index in [0.29, 0.717) is 0 Å². The molecule has 3 nitrogen and oxygen atoms in total. The monoisotopic (exact) mass is 158 g/mol. The third-order valence-corrected chi connectivity index (χ3v) is 2.31. The Balaban J connectivity index is 0.000000130. The third-order valence-electron chi connectivity index (χ3n) is 2.31. The molecule has 0 radical (unpaired) electrons. The molecule has 0 aromatic rings. The summed E-state index contributed by atoms with van der Waals surface area (Å²) in [6.45, 7) is 4.20. The molecule has 0 N–H and O–H groups in total. The molecule has 2 heterocycles. The lowest BCUT2D eigenvalue weighted by molar-refractivity contribution is -0.126. The summed E-state index contributed by atoms with van der Waals surface area (Å²) in [6, 6.07) is 0. The van der Waals surface area contributed by atoms with E-state index in [4.69, 9.17) is 1.37 Å². The number of nitrogens with zero attached hydrogens (tertiary/aromatic N) is 1. The van der Waals surface area contributed by atoms with E-state index in [1.807, 2.05) is 0 Å². The highest BCUT2D eigenvalue weighted by Gasteiger charge is 2.28. The van der Waals surface area contributed by atoms with Crippen molar-refractivity contribution in [3.8, 4) is 0 Å². The minimum Gasteiger partial charge on any atom is -0.471 e. The summed E-state index contributed by atoms with van der Waals surface area (Å²) in [5.74, 6) is 1.10. The lowest BCUT2D eigenvalue weighted by atomic mass is 10.1. The van der Waals surface area contributed by atoms with Gasteiger partial charge in [0.15, 0.2) is 1.37 Å². The Bertz CT molecular complexity index is 145. The topological polar surface area (TPSA) is 29.5 Å². The molecule has 11 heavy (non-hydrogen) atoms. The number of fused-ring (bicyclic) bond motifs is 2. The van der Waals surface area contributed by atoms with Gasteiger partial charge in [-0.2, -0.15) is 0 Å². The van der Waals surface area contributed by atoms with Crippen LogP contribution >= 0.6 is 0 Å². The van der Waals surface area contributed by atoms with E-state index in [1.165, 1.54) is 32.5 Å². The van der Waals surface area contributed by atoms with Gasteiger partial charge in [0.1, 0.15) is 0 Å². The molecule has 0 unspecified atom stereocenters. The van der Waals surface area contributed by atoms with Crippen LogP contribution in [0.5, 0.6) is 0 Å². The second-order valence-electron chi connectivity index (χ2n) is 3.03. The first-order valence-electron chi connectivity index (χ1n) is 4.49. The first kappa shape index (κ1) is 7.10. The predicted molar refractivity (Wildman–Crippen MR) is 42.2 cm³/mol. The second kappa shape index (κ2) is 4.34. The maximum atomic E-state index is 9.26. The van der Waals surface area contributed by atoms with Crippen LogP contribution in [-0.2, 0) is 9.53 Å². The van der Waals surface area contributed by atoms with Crippen LogP contribution in [-0.4, -0.2) is 38.1 Å². The molecule has 0 aromatic carbocycles. The molecule has 0 amide bonds. The van der Waals surface area contributed by atoms with Crippen molar-refractivity contribution in [2.24, 2.45) is 5.92 Å². The number of piperidine rings is 1. The molecule has 2 rings (SSSR count). The van der Waals surface area contributed by atoms with E-state index in [9.17, 15) is 4.79 Å². The number of ether oxygens (including phenoxy) is 1. The van der Waals surface area contributed by atoms with Crippen LogP contribution in [0.3, 0.4) is 0 Å². The highest BCUT2D eigenvalue weighted by atomic mass is 16.5. The number of hydrogen-bond acceptors (Lipinski definition) is 3. The molecule has 0 saturated carbocycles. The maximum absolute atomic E-state index is 9.26. The minimum absolute atomic E-state index is 0.995. The van der Waals surface area contributed by atoms with E-state index in [0.717, 1.165) is 13.0 Å². The van der Waals surface area contributed by atoms with Crippen molar-refractivity contribution in [3.63, 3.8) is 0 Å². The van der Waals surface area contributed by atoms with Gasteiger partial charge in [-0.1, -0.05) is 0 Å². The first-order chi connectivity index (χ1) is 5.72. The normalized spacial score (nSPS) is 33.7.